The zero-order valence-electron chi connectivity index (χ0n) is 11.4. The van der Waals surface area contributed by atoms with Crippen LogP contribution in [0.1, 0.15) is 39.3 Å². The van der Waals surface area contributed by atoms with Crippen molar-refractivity contribution in [2.24, 2.45) is 11.8 Å². The molecule has 0 aliphatic carbocycles. The lowest BCUT2D eigenvalue weighted by Crippen LogP contribution is -2.35. The molecular weight excluding hydrogens is 210 g/mol. The highest BCUT2D eigenvalue weighted by Crippen LogP contribution is 2.21. The second-order valence-corrected chi connectivity index (χ2v) is 5.35. The van der Waals surface area contributed by atoms with Crippen molar-refractivity contribution in [3.05, 3.63) is 35.9 Å². The molecule has 0 radical (unpaired) electrons. The Morgan fingerprint density at radius 3 is 2.06 bits per heavy atom. The van der Waals surface area contributed by atoms with Gasteiger partial charge in [0, 0.05) is 12.6 Å². The Hall–Kier alpha value is -0.860. The molecule has 2 atom stereocenters. The number of benzene rings is 1. The summed E-state index contributed by atoms with van der Waals surface area (Å²) in [7, 11) is 0. The van der Waals surface area contributed by atoms with Gasteiger partial charge >= 0.3 is 0 Å². The minimum atomic E-state index is -0.278. The molecule has 2 unspecified atom stereocenters. The van der Waals surface area contributed by atoms with Crippen LogP contribution in [0.4, 0.5) is 0 Å². The summed E-state index contributed by atoms with van der Waals surface area (Å²) in [5.74, 6) is 0.808. The summed E-state index contributed by atoms with van der Waals surface area (Å²) in [6.07, 6.45) is -0.278. The molecule has 0 bridgehead atoms. The molecule has 0 aliphatic heterocycles. The molecule has 0 amide bonds. The Balaban J connectivity index is 2.62. The predicted octanol–water partition coefficient (Wildman–Crippen LogP) is 2.99. The van der Waals surface area contributed by atoms with Gasteiger partial charge in [0.1, 0.15) is 0 Å². The number of nitrogens with one attached hydrogen (secondary N) is 1. The van der Waals surface area contributed by atoms with E-state index in [0.29, 0.717) is 24.4 Å². The zero-order valence-corrected chi connectivity index (χ0v) is 11.4. The van der Waals surface area contributed by atoms with E-state index < -0.39 is 0 Å². The third-order valence-corrected chi connectivity index (χ3v) is 3.14. The Kier molecular flexibility index (Phi) is 5.66. The fourth-order valence-electron chi connectivity index (χ4n) is 1.88. The third kappa shape index (κ3) is 4.49. The van der Waals surface area contributed by atoms with Crippen molar-refractivity contribution < 1.29 is 5.11 Å². The maximum atomic E-state index is 9.84. The molecule has 0 saturated heterocycles. The molecule has 0 fully saturated rings. The summed E-state index contributed by atoms with van der Waals surface area (Å²) in [4.78, 5) is 0. The van der Waals surface area contributed by atoms with E-state index in [2.05, 4.69) is 43.4 Å². The standard InChI is InChI=1S/C15H25NO/c1-11(2)14(17)10-16-15(12(3)4)13-8-6-5-7-9-13/h5-9,11-12,14-17H,10H2,1-4H3. The van der Waals surface area contributed by atoms with Crippen molar-refractivity contribution in [1.82, 2.24) is 5.32 Å². The summed E-state index contributed by atoms with van der Waals surface area (Å²) in [6, 6.07) is 10.7. The molecule has 2 N–H and O–H groups in total. The van der Waals surface area contributed by atoms with Crippen LogP contribution in [0.2, 0.25) is 0 Å². The van der Waals surface area contributed by atoms with Crippen molar-refractivity contribution in [2.75, 3.05) is 6.54 Å². The molecule has 1 aromatic rings. The van der Waals surface area contributed by atoms with Gasteiger partial charge in [-0.05, 0) is 17.4 Å². The van der Waals surface area contributed by atoms with E-state index in [0.717, 1.165) is 0 Å². The summed E-state index contributed by atoms with van der Waals surface area (Å²) in [5.41, 5.74) is 1.29. The zero-order chi connectivity index (χ0) is 12.8. The van der Waals surface area contributed by atoms with Crippen LogP contribution in [0.15, 0.2) is 30.3 Å². The maximum Gasteiger partial charge on any atom is 0.0687 e. The average molecular weight is 235 g/mol. The van der Waals surface area contributed by atoms with Crippen molar-refractivity contribution in [1.29, 1.82) is 0 Å². The Morgan fingerprint density at radius 1 is 1.00 bits per heavy atom. The molecule has 0 saturated carbocycles. The molecule has 1 aromatic carbocycles. The van der Waals surface area contributed by atoms with Crippen LogP contribution in [-0.2, 0) is 0 Å². The molecular formula is C15H25NO. The van der Waals surface area contributed by atoms with Crippen molar-refractivity contribution in [3.63, 3.8) is 0 Å². The molecule has 0 heterocycles. The first-order valence-corrected chi connectivity index (χ1v) is 6.48. The quantitative estimate of drug-likeness (QED) is 0.794. The van der Waals surface area contributed by atoms with Crippen molar-refractivity contribution in [3.8, 4) is 0 Å². The monoisotopic (exact) mass is 235 g/mol. The van der Waals surface area contributed by atoms with Crippen LogP contribution < -0.4 is 5.32 Å². The molecule has 2 heteroatoms. The summed E-state index contributed by atoms with van der Waals surface area (Å²) >= 11 is 0. The van der Waals surface area contributed by atoms with Crippen LogP contribution in [0, 0.1) is 11.8 Å². The van der Waals surface area contributed by atoms with Crippen LogP contribution in [0.3, 0.4) is 0 Å². The number of hydrogen-bond acceptors (Lipinski definition) is 2. The number of aliphatic hydroxyl groups excluding tert-OH is 1. The lowest BCUT2D eigenvalue weighted by molar-refractivity contribution is 0.117. The van der Waals surface area contributed by atoms with Gasteiger partial charge in [-0.25, -0.2) is 0 Å². The van der Waals surface area contributed by atoms with Crippen molar-refractivity contribution in [2.45, 2.75) is 39.8 Å². The van der Waals surface area contributed by atoms with Gasteiger partial charge < -0.3 is 10.4 Å². The van der Waals surface area contributed by atoms with Crippen LogP contribution >= 0.6 is 0 Å². The van der Waals surface area contributed by atoms with Crippen LogP contribution in [-0.4, -0.2) is 17.8 Å². The van der Waals surface area contributed by atoms with Gasteiger partial charge in [0.15, 0.2) is 0 Å². The van der Waals surface area contributed by atoms with E-state index in [-0.39, 0.29) is 6.10 Å². The Labute approximate surface area is 105 Å². The second-order valence-electron chi connectivity index (χ2n) is 5.35. The number of rotatable bonds is 6. The minimum absolute atomic E-state index is 0.278. The van der Waals surface area contributed by atoms with Crippen LogP contribution in [0.25, 0.3) is 0 Å². The fraction of sp³-hybridized carbons (Fsp3) is 0.600. The van der Waals surface area contributed by atoms with E-state index in [1.807, 2.05) is 19.9 Å². The highest BCUT2D eigenvalue weighted by atomic mass is 16.3. The topological polar surface area (TPSA) is 32.3 Å². The average Bonchev–Trinajstić information content (AvgIpc) is 2.29. The lowest BCUT2D eigenvalue weighted by Gasteiger charge is -2.25. The SMILES string of the molecule is CC(C)C(O)CNC(c1ccccc1)C(C)C. The normalized spacial score (nSPS) is 15.2. The van der Waals surface area contributed by atoms with Crippen molar-refractivity contribution >= 4 is 0 Å². The van der Waals surface area contributed by atoms with Gasteiger partial charge in [0.25, 0.3) is 0 Å². The Morgan fingerprint density at radius 2 is 1.59 bits per heavy atom. The van der Waals surface area contributed by atoms with E-state index in [1.54, 1.807) is 0 Å². The molecule has 17 heavy (non-hydrogen) atoms. The molecule has 0 spiro atoms. The van der Waals surface area contributed by atoms with Gasteiger partial charge in [-0.1, -0.05) is 58.0 Å². The fourth-order valence-corrected chi connectivity index (χ4v) is 1.88. The highest BCUT2D eigenvalue weighted by Gasteiger charge is 2.17. The molecule has 1 rings (SSSR count). The summed E-state index contributed by atoms with van der Waals surface area (Å²) < 4.78 is 0. The smallest absolute Gasteiger partial charge is 0.0687 e. The maximum absolute atomic E-state index is 9.84. The number of aliphatic hydroxyl groups is 1. The third-order valence-electron chi connectivity index (χ3n) is 3.14. The first-order chi connectivity index (χ1) is 8.02. The van der Waals surface area contributed by atoms with Gasteiger partial charge in [0.05, 0.1) is 6.10 Å². The largest absolute Gasteiger partial charge is 0.392 e. The first-order valence-electron chi connectivity index (χ1n) is 6.48. The lowest BCUT2D eigenvalue weighted by atomic mass is 9.95. The van der Waals surface area contributed by atoms with Gasteiger partial charge in [-0.3, -0.25) is 0 Å². The van der Waals surface area contributed by atoms with E-state index >= 15 is 0 Å². The molecule has 0 aromatic heterocycles. The van der Waals surface area contributed by atoms with Crippen LogP contribution in [0.5, 0.6) is 0 Å². The summed E-state index contributed by atoms with van der Waals surface area (Å²) in [6.45, 7) is 9.13. The highest BCUT2D eigenvalue weighted by molar-refractivity contribution is 5.19. The van der Waals surface area contributed by atoms with E-state index in [4.69, 9.17) is 0 Å². The predicted molar refractivity (Wildman–Crippen MR) is 72.9 cm³/mol. The first kappa shape index (κ1) is 14.2. The minimum Gasteiger partial charge on any atom is -0.392 e. The van der Waals surface area contributed by atoms with Gasteiger partial charge in [0.2, 0.25) is 0 Å². The van der Waals surface area contributed by atoms with E-state index in [1.165, 1.54) is 5.56 Å². The molecule has 96 valence electrons. The van der Waals surface area contributed by atoms with Gasteiger partial charge in [-0.15, -0.1) is 0 Å². The molecule has 0 aliphatic rings. The Bertz CT molecular complexity index is 308. The number of hydrogen-bond donors (Lipinski definition) is 2. The second kappa shape index (κ2) is 6.77. The molecule has 2 nitrogen and oxygen atoms in total. The van der Waals surface area contributed by atoms with E-state index in [9.17, 15) is 5.11 Å². The van der Waals surface area contributed by atoms with Gasteiger partial charge in [-0.2, -0.15) is 0 Å². The summed E-state index contributed by atoms with van der Waals surface area (Å²) in [5, 5.41) is 13.3.